The van der Waals surface area contributed by atoms with Gasteiger partial charge in [-0.1, -0.05) is 39.8 Å². The largest absolute Gasteiger partial charge is 0.481 e. The van der Waals surface area contributed by atoms with Crippen LogP contribution < -0.4 is 0 Å². The number of carbonyl (C=O) groups is 2. The van der Waals surface area contributed by atoms with E-state index in [1.807, 2.05) is 0 Å². The molecule has 4 aliphatic carbocycles. The Morgan fingerprint density at radius 1 is 0.971 bits per heavy atom. The minimum atomic E-state index is -0.996. The third-order valence-electron chi connectivity index (χ3n) is 12.8. The van der Waals surface area contributed by atoms with Gasteiger partial charge in [0.25, 0.3) is 0 Å². The lowest BCUT2D eigenvalue weighted by molar-refractivity contribution is -0.248. The Morgan fingerprint density at radius 2 is 1.60 bits per heavy atom. The van der Waals surface area contributed by atoms with Crippen molar-refractivity contribution in [2.24, 2.45) is 56.7 Å². The number of rotatable bonds is 5. The van der Waals surface area contributed by atoms with Crippen LogP contribution in [0, 0.1) is 56.7 Å². The third kappa shape index (κ3) is 3.42. The predicted octanol–water partition coefficient (Wildman–Crippen LogP) is 6.40. The molecule has 4 saturated carbocycles. The first-order valence-corrected chi connectivity index (χ1v) is 13.8. The van der Waals surface area contributed by atoms with Gasteiger partial charge in [0, 0.05) is 0 Å². The second-order valence-electron chi connectivity index (χ2n) is 14.5. The van der Waals surface area contributed by atoms with E-state index in [-0.39, 0.29) is 40.6 Å². The van der Waals surface area contributed by atoms with E-state index in [1.165, 1.54) is 5.57 Å². The average molecular weight is 489 g/mol. The summed E-state index contributed by atoms with van der Waals surface area (Å²) >= 11 is 0. The number of carboxylic acid groups (broad SMARTS) is 2. The van der Waals surface area contributed by atoms with E-state index >= 15 is 0 Å². The average Bonchev–Trinajstić information content (AvgIpc) is 3.07. The van der Waals surface area contributed by atoms with Crippen LogP contribution in [0.2, 0.25) is 0 Å². The standard InChI is InChI=1S/C30H48O5/c1-17(2)18-11-13-27(5)22(31)15-30(8)19(24(18)27)9-10-21-28(6,16-23(32)33)20(12-14-29(21,30)7)26(3,4)25(34)35/h18-22,24,31H,1,9-16H2,2-8H3,(H,32,33)(H,34,35)/t18-,19?,20?,21?,22-,24?,27+,28-,29+,30+/m0/s1. The summed E-state index contributed by atoms with van der Waals surface area (Å²) in [6, 6.07) is 0. The van der Waals surface area contributed by atoms with E-state index in [1.54, 1.807) is 13.8 Å². The van der Waals surface area contributed by atoms with Gasteiger partial charge < -0.3 is 15.3 Å². The van der Waals surface area contributed by atoms with Crippen LogP contribution in [0.25, 0.3) is 0 Å². The van der Waals surface area contributed by atoms with E-state index < -0.39 is 22.8 Å². The number of hydrogen-bond acceptors (Lipinski definition) is 3. The van der Waals surface area contributed by atoms with E-state index in [0.717, 1.165) is 38.5 Å². The second kappa shape index (κ2) is 8.07. The van der Waals surface area contributed by atoms with Gasteiger partial charge in [-0.3, -0.25) is 9.59 Å². The first kappa shape index (κ1) is 26.7. The highest BCUT2D eigenvalue weighted by molar-refractivity contribution is 5.75. The van der Waals surface area contributed by atoms with Crippen LogP contribution in [0.4, 0.5) is 0 Å². The molecule has 35 heavy (non-hydrogen) atoms. The number of aliphatic hydroxyl groups is 1. The zero-order valence-electron chi connectivity index (χ0n) is 23.0. The highest BCUT2D eigenvalue weighted by atomic mass is 16.4. The van der Waals surface area contributed by atoms with Crippen molar-refractivity contribution in [2.75, 3.05) is 0 Å². The molecule has 198 valence electrons. The fourth-order valence-corrected chi connectivity index (χ4v) is 10.8. The fraction of sp³-hybridized carbons (Fsp3) is 0.867. The Morgan fingerprint density at radius 3 is 2.14 bits per heavy atom. The van der Waals surface area contributed by atoms with Gasteiger partial charge in [-0.15, -0.1) is 0 Å². The van der Waals surface area contributed by atoms with Crippen molar-refractivity contribution in [3.63, 3.8) is 0 Å². The van der Waals surface area contributed by atoms with Gasteiger partial charge in [0.1, 0.15) is 0 Å². The van der Waals surface area contributed by atoms with Crippen molar-refractivity contribution in [3.8, 4) is 0 Å². The monoisotopic (exact) mass is 488 g/mol. The molecule has 0 radical (unpaired) electrons. The number of allylic oxidation sites excluding steroid dienone is 1. The molecule has 0 aliphatic heterocycles. The van der Waals surface area contributed by atoms with Crippen molar-refractivity contribution in [1.29, 1.82) is 0 Å². The van der Waals surface area contributed by atoms with Gasteiger partial charge >= 0.3 is 11.9 Å². The van der Waals surface area contributed by atoms with Gasteiger partial charge in [0.15, 0.2) is 0 Å². The molecule has 0 heterocycles. The Hall–Kier alpha value is -1.36. The summed E-state index contributed by atoms with van der Waals surface area (Å²) in [6.07, 6.45) is 6.02. The lowest BCUT2D eigenvalue weighted by atomic mass is 9.33. The minimum absolute atomic E-state index is 0.00648. The van der Waals surface area contributed by atoms with Crippen molar-refractivity contribution in [3.05, 3.63) is 12.2 Å². The molecule has 0 aromatic rings. The summed E-state index contributed by atoms with van der Waals surface area (Å²) in [5.74, 6) is -0.524. The first-order chi connectivity index (χ1) is 16.0. The van der Waals surface area contributed by atoms with Gasteiger partial charge in [-0.05, 0) is 117 Å². The lowest BCUT2D eigenvalue weighted by Crippen LogP contribution is -2.67. The summed E-state index contributed by atoms with van der Waals surface area (Å²) in [5.41, 5.74) is -0.770. The Labute approximate surface area is 211 Å². The number of hydrogen-bond donors (Lipinski definition) is 3. The molecule has 0 aromatic carbocycles. The van der Waals surface area contributed by atoms with Gasteiger partial charge in [0.2, 0.25) is 0 Å². The highest BCUT2D eigenvalue weighted by Gasteiger charge is 2.71. The van der Waals surface area contributed by atoms with Gasteiger partial charge in [-0.2, -0.15) is 0 Å². The Balaban J connectivity index is 1.82. The van der Waals surface area contributed by atoms with Crippen LogP contribution in [0.15, 0.2) is 12.2 Å². The molecular formula is C30H48O5. The second-order valence-corrected chi connectivity index (χ2v) is 14.5. The molecule has 4 rings (SSSR count). The van der Waals surface area contributed by atoms with Crippen molar-refractivity contribution < 1.29 is 24.9 Å². The molecular weight excluding hydrogens is 440 g/mol. The maximum atomic E-state index is 12.3. The van der Waals surface area contributed by atoms with Crippen LogP contribution >= 0.6 is 0 Å². The third-order valence-corrected chi connectivity index (χ3v) is 12.8. The molecule has 4 fully saturated rings. The molecule has 3 N–H and O–H groups in total. The number of aliphatic hydroxyl groups excluding tert-OH is 1. The fourth-order valence-electron chi connectivity index (χ4n) is 10.8. The topological polar surface area (TPSA) is 94.8 Å². The Bertz CT molecular complexity index is 924. The zero-order chi connectivity index (χ0) is 26.4. The summed E-state index contributed by atoms with van der Waals surface area (Å²) in [5, 5.41) is 31.8. The quantitative estimate of drug-likeness (QED) is 0.389. The van der Waals surface area contributed by atoms with Crippen molar-refractivity contribution >= 4 is 11.9 Å². The van der Waals surface area contributed by atoms with E-state index in [0.29, 0.717) is 24.2 Å². The number of aliphatic carboxylic acids is 2. The van der Waals surface area contributed by atoms with Gasteiger partial charge in [-0.25, -0.2) is 0 Å². The van der Waals surface area contributed by atoms with Crippen LogP contribution in [-0.2, 0) is 9.59 Å². The van der Waals surface area contributed by atoms with E-state index in [4.69, 9.17) is 0 Å². The number of carboxylic acids is 2. The van der Waals surface area contributed by atoms with Gasteiger partial charge in [0.05, 0.1) is 17.9 Å². The molecule has 0 amide bonds. The van der Waals surface area contributed by atoms with Crippen LogP contribution in [-0.4, -0.2) is 33.4 Å². The van der Waals surface area contributed by atoms with Crippen LogP contribution in [0.3, 0.4) is 0 Å². The minimum Gasteiger partial charge on any atom is -0.481 e. The van der Waals surface area contributed by atoms with Crippen molar-refractivity contribution in [2.45, 2.75) is 106 Å². The molecule has 0 saturated heterocycles. The SMILES string of the molecule is C=C(C)[C@@H]1CC[C@@]2(C)C1C1CCC3[C@@](C)(CC(=O)O)C(C(C)(C)C(=O)O)CC[C@@]3(C)[C@]1(C)C[C@@H]2O. The van der Waals surface area contributed by atoms with Crippen LogP contribution in [0.5, 0.6) is 0 Å². The molecule has 10 atom stereocenters. The molecule has 5 nitrogen and oxygen atoms in total. The lowest BCUT2D eigenvalue weighted by Gasteiger charge is -2.71. The summed E-state index contributed by atoms with van der Waals surface area (Å²) in [4.78, 5) is 24.6. The maximum absolute atomic E-state index is 12.3. The molecule has 0 aromatic heterocycles. The number of fused-ring (bicyclic) bond motifs is 5. The van der Waals surface area contributed by atoms with Crippen LogP contribution in [0.1, 0.15) is 99.8 Å². The summed E-state index contributed by atoms with van der Waals surface area (Å²) in [6.45, 7) is 19.1. The van der Waals surface area contributed by atoms with E-state index in [9.17, 15) is 24.9 Å². The Kier molecular flexibility index (Phi) is 6.15. The summed E-state index contributed by atoms with van der Waals surface area (Å²) < 4.78 is 0. The molecule has 5 heteroatoms. The smallest absolute Gasteiger partial charge is 0.309 e. The maximum Gasteiger partial charge on any atom is 0.309 e. The normalized spacial score (nSPS) is 49.5. The highest BCUT2D eigenvalue weighted by Crippen LogP contribution is 2.76. The molecule has 4 unspecified atom stereocenters. The molecule has 0 spiro atoms. The predicted molar refractivity (Wildman–Crippen MR) is 137 cm³/mol. The summed E-state index contributed by atoms with van der Waals surface area (Å²) in [7, 11) is 0. The van der Waals surface area contributed by atoms with E-state index in [2.05, 4.69) is 41.2 Å². The van der Waals surface area contributed by atoms with Crippen molar-refractivity contribution in [1.82, 2.24) is 0 Å². The molecule has 0 bridgehead atoms. The molecule has 4 aliphatic rings. The first-order valence-electron chi connectivity index (χ1n) is 13.8. The zero-order valence-corrected chi connectivity index (χ0v) is 23.0.